The average molecular weight is 381 g/mol. The second kappa shape index (κ2) is 10.5. The van der Waals surface area contributed by atoms with Crippen molar-refractivity contribution < 1.29 is 33.3 Å². The maximum Gasteiger partial charge on any atom is 0.328 e. The number of benzene rings is 1. The van der Waals surface area contributed by atoms with E-state index in [-0.39, 0.29) is 18.1 Å². The standard InChI is InChI=1S/C19H27NO7/c1-11(2)17(19(23)27-6)20-18(22)16(26-5)10-13(21)12-7-8-14(24-3)15(9-12)25-4/h7-9,11,16-17H,10H2,1-6H3,(H,20,22). The van der Waals surface area contributed by atoms with E-state index in [0.29, 0.717) is 17.1 Å². The zero-order chi connectivity index (χ0) is 20.6. The molecule has 2 unspecified atom stereocenters. The summed E-state index contributed by atoms with van der Waals surface area (Å²) in [7, 11) is 5.54. The van der Waals surface area contributed by atoms with Gasteiger partial charge >= 0.3 is 5.97 Å². The van der Waals surface area contributed by atoms with Crippen LogP contribution in [0.15, 0.2) is 18.2 Å². The SMILES string of the molecule is COC(=O)C(NC(=O)C(CC(=O)c1ccc(OC)c(OC)c1)OC)C(C)C. The molecular weight excluding hydrogens is 354 g/mol. The lowest BCUT2D eigenvalue weighted by atomic mass is 10.0. The Balaban J connectivity index is 2.89. The Morgan fingerprint density at radius 3 is 2.11 bits per heavy atom. The van der Waals surface area contributed by atoms with Crippen molar-refractivity contribution in [3.8, 4) is 11.5 Å². The quantitative estimate of drug-likeness (QED) is 0.485. The fraction of sp³-hybridized carbons (Fsp3) is 0.526. The van der Waals surface area contributed by atoms with Crippen LogP contribution in [-0.4, -0.2) is 58.2 Å². The van der Waals surface area contributed by atoms with Gasteiger partial charge < -0.3 is 24.3 Å². The molecule has 0 aliphatic carbocycles. The van der Waals surface area contributed by atoms with Crippen molar-refractivity contribution in [2.24, 2.45) is 5.92 Å². The van der Waals surface area contributed by atoms with Crippen LogP contribution in [0.25, 0.3) is 0 Å². The van der Waals surface area contributed by atoms with Gasteiger partial charge in [0.2, 0.25) is 5.91 Å². The van der Waals surface area contributed by atoms with Crippen LogP contribution in [-0.2, 0) is 19.1 Å². The van der Waals surface area contributed by atoms with Crippen molar-refractivity contribution in [1.29, 1.82) is 0 Å². The first-order valence-corrected chi connectivity index (χ1v) is 8.45. The Morgan fingerprint density at radius 2 is 1.63 bits per heavy atom. The molecule has 0 aliphatic heterocycles. The number of nitrogens with one attached hydrogen (secondary N) is 1. The van der Waals surface area contributed by atoms with Crippen LogP contribution in [0.1, 0.15) is 30.6 Å². The minimum Gasteiger partial charge on any atom is -0.493 e. The number of methoxy groups -OCH3 is 4. The van der Waals surface area contributed by atoms with E-state index in [2.05, 4.69) is 5.32 Å². The van der Waals surface area contributed by atoms with E-state index >= 15 is 0 Å². The van der Waals surface area contributed by atoms with E-state index in [9.17, 15) is 14.4 Å². The molecule has 0 saturated heterocycles. The van der Waals surface area contributed by atoms with Gasteiger partial charge in [0.15, 0.2) is 17.3 Å². The molecule has 150 valence electrons. The summed E-state index contributed by atoms with van der Waals surface area (Å²) in [6.07, 6.45) is -1.24. The Kier molecular flexibility index (Phi) is 8.74. The molecule has 2 atom stereocenters. The highest BCUT2D eigenvalue weighted by atomic mass is 16.5. The number of carbonyl (C=O) groups is 3. The van der Waals surface area contributed by atoms with Gasteiger partial charge in [0.05, 0.1) is 21.3 Å². The van der Waals surface area contributed by atoms with Gasteiger partial charge in [0.1, 0.15) is 12.1 Å². The Bertz CT molecular complexity index is 672. The summed E-state index contributed by atoms with van der Waals surface area (Å²) in [5, 5.41) is 2.58. The highest BCUT2D eigenvalue weighted by Crippen LogP contribution is 2.28. The van der Waals surface area contributed by atoms with Gasteiger partial charge in [-0.2, -0.15) is 0 Å². The number of rotatable bonds is 10. The lowest BCUT2D eigenvalue weighted by molar-refractivity contribution is -0.147. The van der Waals surface area contributed by atoms with Gasteiger partial charge in [-0.3, -0.25) is 9.59 Å². The number of hydrogen-bond acceptors (Lipinski definition) is 7. The lowest BCUT2D eigenvalue weighted by Gasteiger charge is -2.22. The van der Waals surface area contributed by atoms with Crippen LogP contribution in [0.3, 0.4) is 0 Å². The molecule has 0 aromatic heterocycles. The molecule has 1 N–H and O–H groups in total. The van der Waals surface area contributed by atoms with E-state index in [1.165, 1.54) is 34.5 Å². The van der Waals surface area contributed by atoms with Gasteiger partial charge in [0, 0.05) is 19.1 Å². The third-order valence-corrected chi connectivity index (χ3v) is 4.07. The summed E-state index contributed by atoms with van der Waals surface area (Å²) < 4.78 is 20.2. The highest BCUT2D eigenvalue weighted by Gasteiger charge is 2.30. The van der Waals surface area contributed by atoms with Gasteiger partial charge in [0.25, 0.3) is 0 Å². The first-order chi connectivity index (χ1) is 12.8. The maximum absolute atomic E-state index is 12.5. The van der Waals surface area contributed by atoms with Crippen molar-refractivity contribution in [2.45, 2.75) is 32.4 Å². The molecule has 0 saturated carbocycles. The summed E-state index contributed by atoms with van der Waals surface area (Å²) in [5.74, 6) is -0.701. The minimum absolute atomic E-state index is 0.180. The molecular formula is C19H27NO7. The Morgan fingerprint density at radius 1 is 1.00 bits per heavy atom. The monoisotopic (exact) mass is 381 g/mol. The van der Waals surface area contributed by atoms with Crippen LogP contribution in [0.2, 0.25) is 0 Å². The smallest absolute Gasteiger partial charge is 0.328 e. The predicted octanol–water partition coefficient (Wildman–Crippen LogP) is 1.61. The number of carbonyl (C=O) groups excluding carboxylic acids is 3. The highest BCUT2D eigenvalue weighted by molar-refractivity contribution is 6.00. The number of amides is 1. The van der Waals surface area contributed by atoms with E-state index in [1.807, 2.05) is 0 Å². The Labute approximate surface area is 159 Å². The molecule has 8 nitrogen and oxygen atoms in total. The summed E-state index contributed by atoms with van der Waals surface area (Å²) in [4.78, 5) is 36.8. The number of hydrogen-bond donors (Lipinski definition) is 1. The third kappa shape index (κ3) is 5.96. The zero-order valence-corrected chi connectivity index (χ0v) is 16.5. The second-order valence-corrected chi connectivity index (χ2v) is 6.17. The molecule has 0 radical (unpaired) electrons. The molecule has 27 heavy (non-hydrogen) atoms. The number of ether oxygens (including phenoxy) is 4. The van der Waals surface area contributed by atoms with Crippen LogP contribution in [0, 0.1) is 5.92 Å². The summed E-state index contributed by atoms with van der Waals surface area (Å²) >= 11 is 0. The largest absolute Gasteiger partial charge is 0.493 e. The molecule has 1 amide bonds. The van der Waals surface area contributed by atoms with Gasteiger partial charge in [-0.15, -0.1) is 0 Å². The molecule has 1 aromatic carbocycles. The molecule has 0 heterocycles. The number of esters is 1. The number of ketones is 1. The van der Waals surface area contributed by atoms with Crippen molar-refractivity contribution in [2.75, 3.05) is 28.4 Å². The topological polar surface area (TPSA) is 100 Å². The van der Waals surface area contributed by atoms with Crippen molar-refractivity contribution in [3.63, 3.8) is 0 Å². The van der Waals surface area contributed by atoms with Crippen LogP contribution >= 0.6 is 0 Å². The summed E-state index contributed by atoms with van der Waals surface area (Å²) in [5.41, 5.74) is 0.357. The fourth-order valence-electron chi connectivity index (χ4n) is 2.45. The molecule has 1 aromatic rings. The predicted molar refractivity (Wildman–Crippen MR) is 98.1 cm³/mol. The first kappa shape index (κ1) is 22.4. The van der Waals surface area contributed by atoms with Crippen LogP contribution in [0.4, 0.5) is 0 Å². The third-order valence-electron chi connectivity index (χ3n) is 4.07. The van der Waals surface area contributed by atoms with Gasteiger partial charge in [-0.1, -0.05) is 13.8 Å². The van der Waals surface area contributed by atoms with E-state index in [4.69, 9.17) is 18.9 Å². The van der Waals surface area contributed by atoms with E-state index < -0.39 is 24.0 Å². The maximum atomic E-state index is 12.5. The molecule has 0 spiro atoms. The minimum atomic E-state index is -1.04. The molecule has 0 bridgehead atoms. The van der Waals surface area contributed by atoms with E-state index in [1.54, 1.807) is 26.0 Å². The summed E-state index contributed by atoms with van der Waals surface area (Å²) in [6.45, 7) is 3.55. The first-order valence-electron chi connectivity index (χ1n) is 8.45. The Hall–Kier alpha value is -2.61. The molecule has 1 rings (SSSR count). The van der Waals surface area contributed by atoms with Crippen molar-refractivity contribution >= 4 is 17.7 Å². The normalized spacial score (nSPS) is 12.9. The molecule has 0 aliphatic rings. The van der Waals surface area contributed by atoms with Gasteiger partial charge in [-0.05, 0) is 24.1 Å². The van der Waals surface area contributed by atoms with Crippen LogP contribution < -0.4 is 14.8 Å². The average Bonchev–Trinajstić information content (AvgIpc) is 2.68. The van der Waals surface area contributed by atoms with Crippen molar-refractivity contribution in [3.05, 3.63) is 23.8 Å². The van der Waals surface area contributed by atoms with Crippen LogP contribution in [0.5, 0.6) is 11.5 Å². The second-order valence-electron chi connectivity index (χ2n) is 6.17. The van der Waals surface area contributed by atoms with E-state index in [0.717, 1.165) is 0 Å². The zero-order valence-electron chi connectivity index (χ0n) is 16.5. The lowest BCUT2D eigenvalue weighted by Crippen LogP contribution is -2.49. The molecule has 0 fully saturated rings. The molecule has 8 heteroatoms. The van der Waals surface area contributed by atoms with Crippen molar-refractivity contribution in [1.82, 2.24) is 5.32 Å². The van der Waals surface area contributed by atoms with Gasteiger partial charge in [-0.25, -0.2) is 4.79 Å². The summed E-state index contributed by atoms with van der Waals surface area (Å²) in [6, 6.07) is 3.91. The number of Topliss-reactive ketones (excluding diaryl/α,β-unsaturated/α-hetero) is 1. The fourth-order valence-corrected chi connectivity index (χ4v) is 2.45.